The van der Waals surface area contributed by atoms with E-state index in [-0.39, 0.29) is 10.6 Å². The molecular formula is C13H16N2O2. The first-order valence-electron chi connectivity index (χ1n) is 6.33. The Balaban J connectivity index is 2.04. The van der Waals surface area contributed by atoms with E-state index in [2.05, 4.69) is 17.1 Å². The normalized spacial score (nSPS) is 21.2. The van der Waals surface area contributed by atoms with E-state index in [1.54, 1.807) is 24.3 Å². The number of hydrogen-bond acceptors (Lipinski definition) is 3. The van der Waals surface area contributed by atoms with Crippen LogP contribution in [0.15, 0.2) is 36.4 Å². The summed E-state index contributed by atoms with van der Waals surface area (Å²) in [4.78, 5) is 12.3. The Bertz CT molecular complexity index is 445. The van der Waals surface area contributed by atoms with Gasteiger partial charge in [-0.1, -0.05) is 24.3 Å². The molecule has 0 N–H and O–H groups in total. The van der Waals surface area contributed by atoms with Gasteiger partial charge in [0.2, 0.25) is 0 Å². The first-order valence-corrected chi connectivity index (χ1v) is 5.62. The van der Waals surface area contributed by atoms with Crippen LogP contribution in [0.3, 0.4) is 0 Å². The Morgan fingerprint density at radius 1 is 1.47 bits per heavy atom. The monoisotopic (exact) mass is 233 g/mol. The molecular weight excluding hydrogens is 216 g/mol. The van der Waals surface area contributed by atoms with Crippen molar-refractivity contribution in [1.82, 2.24) is 4.90 Å². The summed E-state index contributed by atoms with van der Waals surface area (Å²) in [6.07, 6.45) is 6.00. The Labute approximate surface area is 102 Å². The average Bonchev–Trinajstić information content (AvgIpc) is 2.40. The Kier molecular flexibility index (Phi) is 3.14. The Morgan fingerprint density at radius 3 is 2.88 bits per heavy atom. The molecule has 1 aliphatic rings. The zero-order valence-corrected chi connectivity index (χ0v) is 9.58. The molecule has 1 aliphatic heterocycles. The maximum absolute atomic E-state index is 10.6. The second-order valence-corrected chi connectivity index (χ2v) is 4.26. The number of benzene rings is 1. The van der Waals surface area contributed by atoms with Crippen molar-refractivity contribution in [3.05, 3.63) is 52.1 Å². The summed E-state index contributed by atoms with van der Waals surface area (Å²) in [6.45, 7) is 0.821. The van der Waals surface area contributed by atoms with Crippen LogP contribution in [0.4, 0.5) is 5.69 Å². The molecule has 1 heterocycles. The highest BCUT2D eigenvalue weighted by Gasteiger charge is 2.16. The van der Waals surface area contributed by atoms with Crippen molar-refractivity contribution in [1.29, 1.82) is 0 Å². The highest BCUT2D eigenvalue weighted by molar-refractivity contribution is 5.33. The van der Waals surface area contributed by atoms with Gasteiger partial charge in [-0.25, -0.2) is 0 Å². The summed E-state index contributed by atoms with van der Waals surface area (Å²) < 4.78 is 7.49. The van der Waals surface area contributed by atoms with Crippen molar-refractivity contribution in [3.8, 4) is 0 Å². The lowest BCUT2D eigenvalue weighted by atomic mass is 9.99. The van der Waals surface area contributed by atoms with Crippen LogP contribution >= 0.6 is 0 Å². The lowest BCUT2D eigenvalue weighted by Gasteiger charge is -2.29. The number of non-ortho nitro benzene ring substituents is 1. The number of hydrogen-bond donors (Lipinski definition) is 0. The van der Waals surface area contributed by atoms with Gasteiger partial charge in [-0.15, -0.1) is 0 Å². The minimum Gasteiger partial charge on any atom is -0.299 e. The van der Waals surface area contributed by atoms with E-state index in [9.17, 15) is 10.1 Å². The molecule has 0 bridgehead atoms. The third-order valence-electron chi connectivity index (χ3n) is 3.05. The van der Waals surface area contributed by atoms with Crippen LogP contribution in [-0.2, 0) is 6.42 Å². The molecule has 0 aromatic heterocycles. The van der Waals surface area contributed by atoms with E-state index in [1.165, 1.54) is 0 Å². The second kappa shape index (κ2) is 5.10. The number of likely N-dealkylation sites (N-methyl/N-ethyl adjacent to an activating group) is 1. The molecule has 0 radical (unpaired) electrons. The van der Waals surface area contributed by atoms with Crippen LogP contribution in [-0.4, -0.2) is 29.4 Å². The molecule has 90 valence electrons. The Hall–Kier alpha value is -1.68. The van der Waals surface area contributed by atoms with Crippen molar-refractivity contribution in [3.63, 3.8) is 0 Å². The maximum Gasteiger partial charge on any atom is 0.269 e. The highest BCUT2D eigenvalue weighted by atomic mass is 16.6. The van der Waals surface area contributed by atoms with Crippen molar-refractivity contribution >= 4 is 5.69 Å². The van der Waals surface area contributed by atoms with Crippen LogP contribution in [0.25, 0.3) is 0 Å². The molecule has 0 spiro atoms. The molecule has 1 unspecified atom stereocenters. The van der Waals surface area contributed by atoms with Crippen molar-refractivity contribution < 1.29 is 6.29 Å². The van der Waals surface area contributed by atoms with E-state index in [0.717, 1.165) is 24.9 Å². The van der Waals surface area contributed by atoms with Gasteiger partial charge in [0.1, 0.15) is 0 Å². The highest BCUT2D eigenvalue weighted by Crippen LogP contribution is 2.17. The van der Waals surface area contributed by atoms with Gasteiger partial charge in [0.25, 0.3) is 5.69 Å². The molecule has 17 heavy (non-hydrogen) atoms. The van der Waals surface area contributed by atoms with Crippen molar-refractivity contribution in [2.75, 3.05) is 13.6 Å². The average molecular weight is 233 g/mol. The van der Waals surface area contributed by atoms with Gasteiger partial charge in [0, 0.05) is 26.1 Å². The quantitative estimate of drug-likeness (QED) is 0.457. The SMILES string of the molecule is [2H]CN1CC=CCC1Cc1ccc([N+](=O)[O-])cc1. The zero-order chi connectivity index (χ0) is 13.0. The standard InChI is InChI=1S/C13H16N2O2/c1-14-9-3-2-4-13(14)10-11-5-7-12(8-6-11)15(16)17/h2-3,5-8,13H,4,9-10H2,1H3/i1D. The second-order valence-electron chi connectivity index (χ2n) is 4.26. The molecule has 0 amide bonds. The Morgan fingerprint density at radius 2 is 2.24 bits per heavy atom. The lowest BCUT2D eigenvalue weighted by Crippen LogP contribution is -2.35. The zero-order valence-electron chi connectivity index (χ0n) is 10.6. The maximum atomic E-state index is 10.6. The predicted octanol–water partition coefficient (Wildman–Crippen LogP) is 2.40. The van der Waals surface area contributed by atoms with E-state index >= 15 is 0 Å². The van der Waals surface area contributed by atoms with Crippen molar-refractivity contribution in [2.24, 2.45) is 0 Å². The minimum atomic E-state index is -0.386. The van der Waals surface area contributed by atoms with Gasteiger partial charge in [0.05, 0.1) is 4.92 Å². The van der Waals surface area contributed by atoms with E-state index in [1.807, 2.05) is 0 Å². The van der Waals surface area contributed by atoms with E-state index < -0.39 is 0 Å². The molecule has 4 nitrogen and oxygen atoms in total. The molecule has 0 saturated carbocycles. The molecule has 0 saturated heterocycles. The lowest BCUT2D eigenvalue weighted by molar-refractivity contribution is -0.384. The summed E-state index contributed by atoms with van der Waals surface area (Å²) >= 11 is 0. The molecule has 1 aromatic carbocycles. The topological polar surface area (TPSA) is 46.4 Å². The molecule has 0 fully saturated rings. The van der Waals surface area contributed by atoms with E-state index in [4.69, 9.17) is 1.37 Å². The molecule has 2 rings (SSSR count). The van der Waals surface area contributed by atoms with Gasteiger partial charge < -0.3 is 0 Å². The van der Waals surface area contributed by atoms with E-state index in [0.29, 0.717) is 13.1 Å². The summed E-state index contributed by atoms with van der Waals surface area (Å²) in [5.74, 6) is 0. The van der Waals surface area contributed by atoms with Crippen molar-refractivity contribution in [2.45, 2.75) is 18.9 Å². The van der Waals surface area contributed by atoms with Gasteiger partial charge in [0.15, 0.2) is 0 Å². The van der Waals surface area contributed by atoms with Crippen LogP contribution in [0.5, 0.6) is 0 Å². The molecule has 1 atom stereocenters. The first kappa shape index (κ1) is 10.5. The number of nitrogens with zero attached hydrogens (tertiary/aromatic N) is 2. The van der Waals surface area contributed by atoms with Gasteiger partial charge >= 0.3 is 0 Å². The summed E-state index contributed by atoms with van der Waals surface area (Å²) in [5, 5.41) is 10.6. The molecule has 0 aliphatic carbocycles. The summed E-state index contributed by atoms with van der Waals surface area (Å²) in [5.41, 5.74) is 1.21. The third kappa shape index (κ3) is 2.91. The third-order valence-corrected chi connectivity index (χ3v) is 3.05. The van der Waals surface area contributed by atoms with Gasteiger partial charge in [-0.05, 0) is 25.4 Å². The molecule has 1 aromatic rings. The largest absolute Gasteiger partial charge is 0.299 e. The van der Waals surface area contributed by atoms with Gasteiger partial charge in [-0.3, -0.25) is 15.0 Å². The fraction of sp³-hybridized carbons (Fsp3) is 0.385. The minimum absolute atomic E-state index is 0.125. The molecule has 4 heteroatoms. The fourth-order valence-electron chi connectivity index (χ4n) is 2.00. The first-order chi connectivity index (χ1) is 8.70. The number of rotatable bonds is 3. The van der Waals surface area contributed by atoms with Gasteiger partial charge in [-0.2, -0.15) is 0 Å². The van der Waals surface area contributed by atoms with Crippen LogP contribution < -0.4 is 0 Å². The smallest absolute Gasteiger partial charge is 0.269 e. The van der Waals surface area contributed by atoms with Crippen LogP contribution in [0.1, 0.15) is 13.4 Å². The fourth-order valence-corrected chi connectivity index (χ4v) is 2.00. The van der Waals surface area contributed by atoms with Crippen LogP contribution in [0.2, 0.25) is 0 Å². The number of nitro groups is 1. The summed E-state index contributed by atoms with van der Waals surface area (Å²) in [6, 6.07) is 7.02. The number of nitro benzene ring substituents is 1. The van der Waals surface area contributed by atoms with Crippen LogP contribution in [0, 0.1) is 10.1 Å². The summed E-state index contributed by atoms with van der Waals surface area (Å²) in [7, 11) is 0.294. The predicted molar refractivity (Wildman–Crippen MR) is 67.0 cm³/mol.